The van der Waals surface area contributed by atoms with Crippen molar-refractivity contribution in [3.05, 3.63) is 52.9 Å². The van der Waals surface area contributed by atoms with Crippen LogP contribution in [0.4, 0.5) is 4.39 Å². The van der Waals surface area contributed by atoms with Crippen LogP contribution in [0.3, 0.4) is 0 Å². The number of aliphatic carboxylic acids is 1. The molecule has 0 bridgehead atoms. The minimum Gasteiger partial charge on any atom is -0.481 e. The quantitative estimate of drug-likeness (QED) is 0.632. The van der Waals surface area contributed by atoms with E-state index in [9.17, 15) is 14.0 Å². The summed E-state index contributed by atoms with van der Waals surface area (Å²) in [6.07, 6.45) is 1.39. The maximum atomic E-state index is 13.0. The summed E-state index contributed by atoms with van der Waals surface area (Å²) in [5, 5.41) is 8.73. The van der Waals surface area contributed by atoms with Crippen molar-refractivity contribution in [2.75, 3.05) is 6.54 Å². The van der Waals surface area contributed by atoms with Gasteiger partial charge in [0, 0.05) is 18.2 Å². The number of carbonyl (C=O) groups is 2. The van der Waals surface area contributed by atoms with E-state index in [1.54, 1.807) is 30.3 Å². The molecule has 1 aromatic carbocycles. The number of carbonyl (C=O) groups excluding carboxylic acids is 1. The molecule has 25 heavy (non-hydrogen) atoms. The van der Waals surface area contributed by atoms with Gasteiger partial charge in [-0.05, 0) is 36.4 Å². The lowest BCUT2D eigenvalue weighted by Gasteiger charge is -2.12. The van der Waals surface area contributed by atoms with Crippen LogP contribution in [0.1, 0.15) is 12.2 Å². The van der Waals surface area contributed by atoms with E-state index < -0.39 is 5.97 Å². The molecule has 1 N–H and O–H groups in total. The van der Waals surface area contributed by atoms with Crippen LogP contribution in [0.15, 0.2) is 45.7 Å². The molecule has 1 aliphatic rings. The van der Waals surface area contributed by atoms with Gasteiger partial charge in [-0.3, -0.25) is 14.5 Å². The van der Waals surface area contributed by atoms with E-state index in [0.717, 1.165) is 17.3 Å². The molecular formula is C17H12FNO4S2. The van der Waals surface area contributed by atoms with Crippen molar-refractivity contribution in [1.82, 2.24) is 4.90 Å². The molecule has 5 nitrogen and oxygen atoms in total. The summed E-state index contributed by atoms with van der Waals surface area (Å²) < 4.78 is 19.0. The summed E-state index contributed by atoms with van der Waals surface area (Å²) in [4.78, 5) is 24.6. The lowest BCUT2D eigenvalue weighted by atomic mass is 10.2. The highest BCUT2D eigenvalue weighted by molar-refractivity contribution is 8.26. The highest BCUT2D eigenvalue weighted by atomic mass is 32.2. The standard InChI is InChI=1S/C17H12FNO4S2/c18-11-3-1-10(2-4-11)13-6-5-12(23-13)9-14-16(22)19(17(24)25-14)8-7-15(20)21/h1-6,9H,7-8H2,(H,20,21)/b14-9-. The Hall–Kier alpha value is -2.45. The molecule has 0 saturated carbocycles. The van der Waals surface area contributed by atoms with Gasteiger partial charge in [-0.25, -0.2) is 4.39 Å². The van der Waals surface area contributed by atoms with Gasteiger partial charge in [-0.1, -0.05) is 24.0 Å². The largest absolute Gasteiger partial charge is 0.481 e. The zero-order chi connectivity index (χ0) is 18.0. The smallest absolute Gasteiger partial charge is 0.305 e. The van der Waals surface area contributed by atoms with Crippen molar-refractivity contribution >= 4 is 46.3 Å². The summed E-state index contributed by atoms with van der Waals surface area (Å²) in [5.41, 5.74) is 0.718. The van der Waals surface area contributed by atoms with Gasteiger partial charge in [0.25, 0.3) is 5.91 Å². The number of thiocarbonyl (C=S) groups is 1. The lowest BCUT2D eigenvalue weighted by molar-refractivity contribution is -0.137. The van der Waals surface area contributed by atoms with Crippen LogP contribution in [0.25, 0.3) is 17.4 Å². The predicted molar refractivity (Wildman–Crippen MR) is 96.2 cm³/mol. The van der Waals surface area contributed by atoms with Gasteiger partial charge in [0.05, 0.1) is 11.3 Å². The average Bonchev–Trinajstić information content (AvgIpc) is 3.12. The zero-order valence-electron chi connectivity index (χ0n) is 12.8. The summed E-state index contributed by atoms with van der Waals surface area (Å²) in [6, 6.07) is 9.30. The van der Waals surface area contributed by atoms with Crippen LogP contribution < -0.4 is 0 Å². The fraction of sp³-hybridized carbons (Fsp3) is 0.118. The molecule has 1 aromatic heterocycles. The molecule has 1 saturated heterocycles. The molecule has 2 heterocycles. The normalized spacial score (nSPS) is 16.0. The van der Waals surface area contributed by atoms with Crippen LogP contribution in [-0.2, 0) is 9.59 Å². The maximum absolute atomic E-state index is 13.0. The molecule has 1 aliphatic heterocycles. The van der Waals surface area contributed by atoms with Gasteiger partial charge >= 0.3 is 5.97 Å². The van der Waals surface area contributed by atoms with Crippen LogP contribution in [-0.4, -0.2) is 32.7 Å². The first-order valence-electron chi connectivity index (χ1n) is 7.27. The lowest BCUT2D eigenvalue weighted by Crippen LogP contribution is -2.30. The Balaban J connectivity index is 1.77. The third kappa shape index (κ3) is 3.97. The zero-order valence-corrected chi connectivity index (χ0v) is 14.4. The minimum absolute atomic E-state index is 0.0380. The van der Waals surface area contributed by atoms with Gasteiger partial charge < -0.3 is 9.52 Å². The number of thioether (sulfide) groups is 1. The molecule has 1 amide bonds. The molecule has 0 aliphatic carbocycles. The molecule has 0 spiro atoms. The van der Waals surface area contributed by atoms with Crippen LogP contribution >= 0.6 is 24.0 Å². The van der Waals surface area contributed by atoms with Crippen molar-refractivity contribution < 1.29 is 23.5 Å². The number of halogens is 1. The van der Waals surface area contributed by atoms with Gasteiger partial charge in [0.15, 0.2) is 0 Å². The van der Waals surface area contributed by atoms with Gasteiger partial charge in [0.2, 0.25) is 0 Å². The van der Waals surface area contributed by atoms with E-state index in [1.807, 2.05) is 0 Å². The number of nitrogens with zero attached hydrogens (tertiary/aromatic N) is 1. The number of carboxylic acid groups (broad SMARTS) is 1. The Morgan fingerprint density at radius 2 is 2.00 bits per heavy atom. The highest BCUT2D eigenvalue weighted by Gasteiger charge is 2.32. The Kier molecular flexibility index (Phi) is 5.00. The van der Waals surface area contributed by atoms with Crippen molar-refractivity contribution in [3.8, 4) is 11.3 Å². The fourth-order valence-corrected chi connectivity index (χ4v) is 3.52. The third-order valence-corrected chi connectivity index (χ3v) is 4.83. The first-order valence-corrected chi connectivity index (χ1v) is 8.49. The van der Waals surface area contributed by atoms with E-state index >= 15 is 0 Å². The second kappa shape index (κ2) is 7.20. The highest BCUT2D eigenvalue weighted by Crippen LogP contribution is 2.33. The number of hydrogen-bond acceptors (Lipinski definition) is 5. The Bertz CT molecular complexity index is 873. The van der Waals surface area contributed by atoms with Gasteiger partial charge in [-0.2, -0.15) is 0 Å². The second-order valence-electron chi connectivity index (χ2n) is 5.19. The van der Waals surface area contributed by atoms with Crippen molar-refractivity contribution in [2.45, 2.75) is 6.42 Å². The average molecular weight is 377 g/mol. The number of furan rings is 1. The van der Waals surface area contributed by atoms with Crippen LogP contribution in [0.5, 0.6) is 0 Å². The van der Waals surface area contributed by atoms with E-state index in [0.29, 0.717) is 20.7 Å². The molecule has 0 unspecified atom stereocenters. The van der Waals surface area contributed by atoms with E-state index in [-0.39, 0.29) is 24.7 Å². The summed E-state index contributed by atoms with van der Waals surface area (Å²) in [7, 11) is 0. The molecule has 128 valence electrons. The number of carboxylic acids is 1. The van der Waals surface area contributed by atoms with Crippen molar-refractivity contribution in [2.24, 2.45) is 0 Å². The first-order chi connectivity index (χ1) is 11.9. The summed E-state index contributed by atoms with van der Waals surface area (Å²) >= 11 is 6.23. The van der Waals surface area contributed by atoms with E-state index in [2.05, 4.69) is 0 Å². The molecule has 0 radical (unpaired) electrons. The van der Waals surface area contributed by atoms with Crippen LogP contribution in [0.2, 0.25) is 0 Å². The molecular weight excluding hydrogens is 365 g/mol. The van der Waals surface area contributed by atoms with Crippen LogP contribution in [0, 0.1) is 5.82 Å². The second-order valence-corrected chi connectivity index (χ2v) is 6.86. The Labute approximate surface area is 152 Å². The third-order valence-electron chi connectivity index (χ3n) is 3.45. The number of hydrogen-bond donors (Lipinski definition) is 1. The number of rotatable bonds is 5. The minimum atomic E-state index is -0.993. The van der Waals surface area contributed by atoms with E-state index in [4.69, 9.17) is 21.7 Å². The van der Waals surface area contributed by atoms with E-state index in [1.165, 1.54) is 17.0 Å². The molecule has 8 heteroatoms. The number of amides is 1. The Morgan fingerprint density at radius 3 is 2.68 bits per heavy atom. The van der Waals surface area contributed by atoms with Crippen molar-refractivity contribution in [1.29, 1.82) is 0 Å². The summed E-state index contributed by atoms with van der Waals surface area (Å²) in [6.45, 7) is 0.0380. The maximum Gasteiger partial charge on any atom is 0.305 e. The first kappa shape index (κ1) is 17.4. The Morgan fingerprint density at radius 1 is 1.28 bits per heavy atom. The monoisotopic (exact) mass is 377 g/mol. The molecule has 0 atom stereocenters. The van der Waals surface area contributed by atoms with Gasteiger partial charge in [-0.15, -0.1) is 0 Å². The topological polar surface area (TPSA) is 70.8 Å². The predicted octanol–water partition coefficient (Wildman–Crippen LogP) is 3.76. The molecule has 2 aromatic rings. The molecule has 1 fully saturated rings. The van der Waals surface area contributed by atoms with Gasteiger partial charge in [0.1, 0.15) is 21.7 Å². The SMILES string of the molecule is O=C(O)CCN1C(=O)/C(=C/c2ccc(-c3ccc(F)cc3)o2)SC1=S. The fourth-order valence-electron chi connectivity index (χ4n) is 2.23. The summed E-state index contributed by atoms with van der Waals surface area (Å²) in [5.74, 6) is -0.657. The number of benzene rings is 1. The van der Waals surface area contributed by atoms with Crippen molar-refractivity contribution in [3.63, 3.8) is 0 Å². The molecule has 3 rings (SSSR count).